The molecular formula is C17H22O3. The van der Waals surface area contributed by atoms with E-state index in [-0.39, 0.29) is 18.3 Å². The molecule has 0 aliphatic heterocycles. The van der Waals surface area contributed by atoms with Crippen molar-refractivity contribution in [2.75, 3.05) is 6.61 Å². The van der Waals surface area contributed by atoms with Crippen LogP contribution in [0.1, 0.15) is 44.0 Å². The van der Waals surface area contributed by atoms with Crippen molar-refractivity contribution in [3.63, 3.8) is 0 Å². The highest BCUT2D eigenvalue weighted by molar-refractivity contribution is 5.89. The van der Waals surface area contributed by atoms with Gasteiger partial charge in [-0.25, -0.2) is 4.79 Å². The van der Waals surface area contributed by atoms with Gasteiger partial charge in [0.1, 0.15) is 12.4 Å². The second kappa shape index (κ2) is 8.20. The lowest BCUT2D eigenvalue weighted by Crippen LogP contribution is -2.05. The number of hydrogen-bond acceptors (Lipinski definition) is 3. The molecule has 0 unspecified atom stereocenters. The van der Waals surface area contributed by atoms with Gasteiger partial charge >= 0.3 is 5.97 Å². The number of carbonyl (C=O) groups excluding carboxylic acids is 1. The van der Waals surface area contributed by atoms with E-state index in [0.717, 1.165) is 12.8 Å². The molecule has 0 atom stereocenters. The fraction of sp³-hybridized carbons (Fsp3) is 0.353. The summed E-state index contributed by atoms with van der Waals surface area (Å²) in [5.41, 5.74) is 2.97. The average molecular weight is 274 g/mol. The van der Waals surface area contributed by atoms with Crippen molar-refractivity contribution < 1.29 is 14.6 Å². The van der Waals surface area contributed by atoms with Gasteiger partial charge in [-0.2, -0.15) is 0 Å². The Kier molecular flexibility index (Phi) is 6.57. The number of phenols is 1. The van der Waals surface area contributed by atoms with E-state index in [1.807, 2.05) is 13.0 Å². The Balaban J connectivity index is 2.37. The van der Waals surface area contributed by atoms with E-state index in [9.17, 15) is 4.79 Å². The number of allylic oxidation sites excluding steroid dienone is 3. The lowest BCUT2D eigenvalue weighted by atomic mass is 10.1. The zero-order valence-corrected chi connectivity index (χ0v) is 12.3. The lowest BCUT2D eigenvalue weighted by Gasteiger charge is -2.03. The molecule has 1 rings (SSSR count). The van der Waals surface area contributed by atoms with Crippen molar-refractivity contribution in [2.45, 2.75) is 33.6 Å². The molecule has 20 heavy (non-hydrogen) atoms. The number of phenolic OH excluding ortho intramolecular Hbond substituents is 1. The summed E-state index contributed by atoms with van der Waals surface area (Å²) in [7, 11) is 0. The lowest BCUT2D eigenvalue weighted by molar-refractivity contribution is 0.0549. The van der Waals surface area contributed by atoms with Crippen LogP contribution in [-0.2, 0) is 4.74 Å². The van der Waals surface area contributed by atoms with Crippen molar-refractivity contribution in [3.8, 4) is 5.75 Å². The summed E-state index contributed by atoms with van der Waals surface area (Å²) in [6, 6.07) is 6.03. The normalized spacial score (nSPS) is 11.1. The minimum Gasteiger partial charge on any atom is -0.508 e. The fourth-order valence-corrected chi connectivity index (χ4v) is 1.63. The smallest absolute Gasteiger partial charge is 0.338 e. The molecule has 0 fully saturated rings. The first-order valence-corrected chi connectivity index (χ1v) is 6.74. The molecule has 0 aliphatic carbocycles. The van der Waals surface area contributed by atoms with Crippen molar-refractivity contribution >= 4 is 5.97 Å². The van der Waals surface area contributed by atoms with Gasteiger partial charge in [-0.3, -0.25) is 0 Å². The molecule has 0 saturated carbocycles. The molecule has 3 nitrogen and oxygen atoms in total. The van der Waals surface area contributed by atoms with E-state index in [1.165, 1.54) is 23.3 Å². The highest BCUT2D eigenvalue weighted by atomic mass is 16.5. The average Bonchev–Trinajstić information content (AvgIpc) is 2.39. The molecule has 1 aromatic rings. The predicted molar refractivity (Wildman–Crippen MR) is 80.8 cm³/mol. The van der Waals surface area contributed by atoms with Crippen LogP contribution < -0.4 is 0 Å². The Morgan fingerprint density at radius 3 is 2.40 bits per heavy atom. The minimum atomic E-state index is -0.377. The van der Waals surface area contributed by atoms with Crippen LogP contribution in [0, 0.1) is 0 Å². The van der Waals surface area contributed by atoms with Gasteiger partial charge in [0.05, 0.1) is 5.56 Å². The molecule has 0 aliphatic rings. The summed E-state index contributed by atoms with van der Waals surface area (Å²) in [4.78, 5) is 11.7. The van der Waals surface area contributed by atoms with E-state index >= 15 is 0 Å². The van der Waals surface area contributed by atoms with E-state index in [1.54, 1.807) is 12.1 Å². The molecule has 3 heteroatoms. The second-order valence-electron chi connectivity index (χ2n) is 5.02. The molecule has 0 bridgehead atoms. The molecule has 108 valence electrons. The quantitative estimate of drug-likeness (QED) is 0.623. The van der Waals surface area contributed by atoms with Gasteiger partial charge in [0.15, 0.2) is 0 Å². The summed E-state index contributed by atoms with van der Waals surface area (Å²) in [5, 5.41) is 9.14. The maximum Gasteiger partial charge on any atom is 0.338 e. The number of ether oxygens (including phenoxy) is 1. The summed E-state index contributed by atoms with van der Waals surface area (Å²) in [6.07, 6.45) is 6.11. The van der Waals surface area contributed by atoms with Crippen molar-refractivity contribution in [1.82, 2.24) is 0 Å². The standard InChI is InChI=1S/C17H22O3/c1-13(2)5-4-6-14(3)11-12-20-17(19)15-7-9-16(18)10-8-15/h5,7-11,18H,4,6,12H2,1-3H3. The minimum absolute atomic E-state index is 0.136. The Labute approximate surface area is 120 Å². The Morgan fingerprint density at radius 2 is 1.80 bits per heavy atom. The number of carbonyl (C=O) groups is 1. The van der Waals surface area contributed by atoms with Gasteiger partial charge < -0.3 is 9.84 Å². The van der Waals surface area contributed by atoms with Crippen molar-refractivity contribution in [3.05, 3.63) is 53.1 Å². The largest absolute Gasteiger partial charge is 0.508 e. The third-order valence-corrected chi connectivity index (χ3v) is 2.84. The summed E-state index contributed by atoms with van der Waals surface area (Å²) in [6.45, 7) is 6.48. The van der Waals surface area contributed by atoms with E-state index in [4.69, 9.17) is 9.84 Å². The molecule has 0 amide bonds. The number of aromatic hydroxyl groups is 1. The fourth-order valence-electron chi connectivity index (χ4n) is 1.63. The van der Waals surface area contributed by atoms with Crippen LogP contribution in [0.3, 0.4) is 0 Å². The first kappa shape index (κ1) is 16.0. The van der Waals surface area contributed by atoms with Gasteiger partial charge in [-0.15, -0.1) is 0 Å². The Bertz CT molecular complexity index is 491. The molecule has 0 heterocycles. The van der Waals surface area contributed by atoms with Crippen molar-refractivity contribution in [1.29, 1.82) is 0 Å². The molecule has 0 spiro atoms. The molecule has 0 saturated heterocycles. The first-order chi connectivity index (χ1) is 9.49. The number of hydrogen-bond donors (Lipinski definition) is 1. The molecule has 0 aromatic heterocycles. The third-order valence-electron chi connectivity index (χ3n) is 2.84. The number of esters is 1. The first-order valence-electron chi connectivity index (χ1n) is 6.74. The van der Waals surface area contributed by atoms with Crippen LogP contribution in [0.4, 0.5) is 0 Å². The monoisotopic (exact) mass is 274 g/mol. The molecule has 0 radical (unpaired) electrons. The van der Waals surface area contributed by atoms with Crippen LogP contribution in [0.25, 0.3) is 0 Å². The zero-order chi connectivity index (χ0) is 15.0. The van der Waals surface area contributed by atoms with Crippen LogP contribution in [0.2, 0.25) is 0 Å². The van der Waals surface area contributed by atoms with Crippen molar-refractivity contribution in [2.24, 2.45) is 0 Å². The highest BCUT2D eigenvalue weighted by Gasteiger charge is 2.05. The molecule has 1 N–H and O–H groups in total. The van der Waals surface area contributed by atoms with E-state index in [0.29, 0.717) is 5.56 Å². The SMILES string of the molecule is CC(C)=CCCC(C)=CCOC(=O)c1ccc(O)cc1. The summed E-state index contributed by atoms with van der Waals surface area (Å²) >= 11 is 0. The zero-order valence-electron chi connectivity index (χ0n) is 12.3. The van der Waals surface area contributed by atoms with Gasteiger partial charge in [-0.1, -0.05) is 17.2 Å². The Hall–Kier alpha value is -2.03. The van der Waals surface area contributed by atoms with Crippen LogP contribution >= 0.6 is 0 Å². The van der Waals surface area contributed by atoms with Crippen LogP contribution in [-0.4, -0.2) is 17.7 Å². The predicted octanol–water partition coefficient (Wildman–Crippen LogP) is 4.24. The van der Waals surface area contributed by atoms with Gasteiger partial charge in [0.25, 0.3) is 0 Å². The molecule has 1 aromatic carbocycles. The van der Waals surface area contributed by atoms with E-state index < -0.39 is 0 Å². The second-order valence-corrected chi connectivity index (χ2v) is 5.02. The van der Waals surface area contributed by atoms with Crippen LogP contribution in [0.15, 0.2) is 47.6 Å². The number of benzene rings is 1. The number of rotatable bonds is 6. The molecular weight excluding hydrogens is 252 g/mol. The van der Waals surface area contributed by atoms with Gasteiger partial charge in [-0.05, 0) is 64.0 Å². The summed E-state index contributed by atoms with van der Waals surface area (Å²) in [5.74, 6) is -0.241. The topological polar surface area (TPSA) is 46.5 Å². The van der Waals surface area contributed by atoms with Gasteiger partial charge in [0.2, 0.25) is 0 Å². The maximum absolute atomic E-state index is 11.7. The van der Waals surface area contributed by atoms with Gasteiger partial charge in [0, 0.05) is 0 Å². The highest BCUT2D eigenvalue weighted by Crippen LogP contribution is 2.11. The van der Waals surface area contributed by atoms with E-state index in [2.05, 4.69) is 19.9 Å². The Morgan fingerprint density at radius 1 is 1.15 bits per heavy atom. The third kappa shape index (κ3) is 6.23. The summed E-state index contributed by atoms with van der Waals surface area (Å²) < 4.78 is 5.15. The van der Waals surface area contributed by atoms with Crippen LogP contribution in [0.5, 0.6) is 5.75 Å². The maximum atomic E-state index is 11.7.